The number of esters is 2. The van der Waals surface area contributed by atoms with Gasteiger partial charge in [-0.05, 0) is 87.2 Å². The van der Waals surface area contributed by atoms with Crippen LogP contribution in [-0.4, -0.2) is 48.6 Å². The number of thiophene rings is 1. The van der Waals surface area contributed by atoms with Crippen molar-refractivity contribution in [2.24, 2.45) is 4.99 Å². The summed E-state index contributed by atoms with van der Waals surface area (Å²) in [5.41, 5.74) is 0.935. The van der Waals surface area contributed by atoms with E-state index >= 15 is 0 Å². The van der Waals surface area contributed by atoms with Gasteiger partial charge in [0, 0.05) is 11.3 Å². The molecular weight excluding hydrogens is 562 g/mol. The van der Waals surface area contributed by atoms with E-state index in [2.05, 4.69) is 15.6 Å². The summed E-state index contributed by atoms with van der Waals surface area (Å²) in [6.45, 7) is 6.72. The largest absolute Gasteiger partial charge is 0.493 e. The highest BCUT2D eigenvalue weighted by Crippen LogP contribution is 2.31. The van der Waals surface area contributed by atoms with Crippen LogP contribution >= 0.6 is 11.3 Å². The van der Waals surface area contributed by atoms with Gasteiger partial charge in [0.2, 0.25) is 11.8 Å². The Hall–Kier alpha value is -4.97. The molecule has 1 aromatic heterocycles. The summed E-state index contributed by atoms with van der Waals surface area (Å²) < 4.78 is 21.3. The number of cyclic esters (lactones) is 1. The third-order valence-electron chi connectivity index (χ3n) is 5.56. The molecule has 1 aliphatic heterocycles. The standard InChI is InChI=1S/C30H29N3O8S/c1-17(31-29(37)41-30(2,3)4)25(34)32-20-11-9-19(10-12-20)26-33-21(27(35)40-26)15-18-8-13-22(23(16-18)38-5)39-28(36)24-7-6-14-42-24/h6-17H,1-5H3,(H,31,37)(H,32,34)/b21-15+/t17-/m0/s1. The zero-order valence-electron chi connectivity index (χ0n) is 23.5. The molecule has 2 N–H and O–H groups in total. The van der Waals surface area contributed by atoms with E-state index < -0.39 is 35.6 Å². The van der Waals surface area contributed by atoms with Gasteiger partial charge in [0.25, 0.3) is 0 Å². The van der Waals surface area contributed by atoms with Gasteiger partial charge in [0.15, 0.2) is 17.2 Å². The van der Waals surface area contributed by atoms with E-state index in [1.807, 2.05) is 0 Å². The Kier molecular flexibility index (Phi) is 9.06. The number of alkyl carbamates (subject to hydrolysis) is 1. The number of anilines is 1. The van der Waals surface area contributed by atoms with Crippen molar-refractivity contribution in [1.29, 1.82) is 0 Å². The van der Waals surface area contributed by atoms with Crippen LogP contribution in [0.2, 0.25) is 0 Å². The molecule has 0 aliphatic carbocycles. The monoisotopic (exact) mass is 591 g/mol. The molecule has 2 aromatic carbocycles. The van der Waals surface area contributed by atoms with E-state index in [9.17, 15) is 19.2 Å². The number of methoxy groups -OCH3 is 1. The maximum atomic E-state index is 12.5. The summed E-state index contributed by atoms with van der Waals surface area (Å²) in [5, 5.41) is 6.96. The highest BCUT2D eigenvalue weighted by atomic mass is 32.1. The van der Waals surface area contributed by atoms with Crippen molar-refractivity contribution >= 4 is 52.9 Å². The molecule has 2 heterocycles. The van der Waals surface area contributed by atoms with Gasteiger partial charge in [0.05, 0.1) is 7.11 Å². The third kappa shape index (κ3) is 7.82. The number of ether oxygens (including phenoxy) is 4. The van der Waals surface area contributed by atoms with Crippen LogP contribution in [0.15, 0.2) is 70.7 Å². The second-order valence-electron chi connectivity index (χ2n) is 10.0. The lowest BCUT2D eigenvalue weighted by atomic mass is 10.1. The molecule has 0 spiro atoms. The van der Waals surface area contributed by atoms with E-state index in [1.165, 1.54) is 31.4 Å². The van der Waals surface area contributed by atoms with Crippen molar-refractivity contribution in [3.63, 3.8) is 0 Å². The van der Waals surface area contributed by atoms with E-state index in [-0.39, 0.29) is 17.3 Å². The predicted molar refractivity (Wildman–Crippen MR) is 157 cm³/mol. The minimum atomic E-state index is -0.840. The molecule has 1 aliphatic rings. The van der Waals surface area contributed by atoms with Crippen LogP contribution in [-0.2, 0) is 19.1 Å². The fourth-order valence-corrected chi connectivity index (χ4v) is 4.19. The molecule has 42 heavy (non-hydrogen) atoms. The van der Waals surface area contributed by atoms with Crippen molar-refractivity contribution < 1.29 is 38.1 Å². The molecule has 0 unspecified atom stereocenters. The van der Waals surface area contributed by atoms with E-state index in [0.29, 0.717) is 27.4 Å². The van der Waals surface area contributed by atoms with Gasteiger partial charge < -0.3 is 29.6 Å². The van der Waals surface area contributed by atoms with Crippen LogP contribution < -0.4 is 20.1 Å². The molecule has 12 heteroatoms. The molecule has 0 bridgehead atoms. The van der Waals surface area contributed by atoms with Gasteiger partial charge in [-0.2, -0.15) is 0 Å². The second kappa shape index (κ2) is 12.7. The Morgan fingerprint density at radius 2 is 1.79 bits per heavy atom. The van der Waals surface area contributed by atoms with Crippen LogP contribution in [0.5, 0.6) is 11.5 Å². The zero-order chi connectivity index (χ0) is 30.4. The van der Waals surface area contributed by atoms with Crippen molar-refractivity contribution in [1.82, 2.24) is 5.32 Å². The maximum Gasteiger partial charge on any atom is 0.408 e. The molecule has 2 amide bonds. The Bertz CT molecular complexity index is 1550. The quantitative estimate of drug-likeness (QED) is 0.208. The van der Waals surface area contributed by atoms with E-state index in [1.54, 1.807) is 80.7 Å². The number of hydrogen-bond acceptors (Lipinski definition) is 10. The van der Waals surface area contributed by atoms with Gasteiger partial charge in [-0.25, -0.2) is 19.4 Å². The minimum absolute atomic E-state index is 0.0646. The maximum absolute atomic E-state index is 12.5. The van der Waals surface area contributed by atoms with Crippen LogP contribution in [0, 0.1) is 0 Å². The summed E-state index contributed by atoms with van der Waals surface area (Å²) in [5.74, 6) is -0.947. The summed E-state index contributed by atoms with van der Waals surface area (Å²) >= 11 is 1.27. The molecule has 0 fully saturated rings. The van der Waals surface area contributed by atoms with Gasteiger partial charge in [-0.3, -0.25) is 4.79 Å². The van der Waals surface area contributed by atoms with Gasteiger partial charge in [-0.15, -0.1) is 11.3 Å². The molecule has 11 nitrogen and oxygen atoms in total. The molecule has 218 valence electrons. The fraction of sp³-hybridized carbons (Fsp3) is 0.233. The molecule has 0 radical (unpaired) electrons. The zero-order valence-corrected chi connectivity index (χ0v) is 24.4. The van der Waals surface area contributed by atoms with Crippen molar-refractivity contribution in [3.8, 4) is 11.5 Å². The number of nitrogens with zero attached hydrogens (tertiary/aromatic N) is 1. The number of amides is 2. The van der Waals surface area contributed by atoms with Gasteiger partial charge in [0.1, 0.15) is 16.5 Å². The average Bonchev–Trinajstić information content (AvgIpc) is 3.59. The highest BCUT2D eigenvalue weighted by molar-refractivity contribution is 7.12. The molecule has 4 rings (SSSR count). The van der Waals surface area contributed by atoms with Crippen LogP contribution in [0.3, 0.4) is 0 Å². The summed E-state index contributed by atoms with van der Waals surface area (Å²) in [7, 11) is 1.44. The van der Waals surface area contributed by atoms with Gasteiger partial charge >= 0.3 is 18.0 Å². The van der Waals surface area contributed by atoms with Crippen molar-refractivity contribution in [2.45, 2.75) is 39.3 Å². The Balaban J connectivity index is 1.41. The number of carbonyl (C=O) groups excluding carboxylic acids is 4. The van der Waals surface area contributed by atoms with Crippen LogP contribution in [0.1, 0.15) is 48.5 Å². The molecule has 3 aromatic rings. The Morgan fingerprint density at radius 1 is 1.05 bits per heavy atom. The summed E-state index contributed by atoms with van der Waals surface area (Å²) in [6.07, 6.45) is 0.827. The SMILES string of the molecule is COc1cc(/C=C2/N=C(c3ccc(NC(=O)[C@H](C)NC(=O)OC(C)(C)C)cc3)OC2=O)ccc1OC(=O)c1cccs1. The molecular formula is C30H29N3O8S. The first-order valence-electron chi connectivity index (χ1n) is 12.8. The topological polar surface area (TPSA) is 142 Å². The first-order valence-corrected chi connectivity index (χ1v) is 13.7. The van der Waals surface area contributed by atoms with Crippen molar-refractivity contribution in [3.05, 3.63) is 81.7 Å². The van der Waals surface area contributed by atoms with Crippen LogP contribution in [0.4, 0.5) is 10.5 Å². The Labute approximate surface area is 246 Å². The van der Waals surface area contributed by atoms with E-state index in [0.717, 1.165) is 0 Å². The summed E-state index contributed by atoms with van der Waals surface area (Å²) in [4.78, 5) is 54.0. The number of carbonyl (C=O) groups is 4. The predicted octanol–water partition coefficient (Wildman–Crippen LogP) is 5.17. The van der Waals surface area contributed by atoms with Crippen LogP contribution in [0.25, 0.3) is 6.08 Å². The lowest BCUT2D eigenvalue weighted by molar-refractivity contribution is -0.130. The number of hydrogen-bond donors (Lipinski definition) is 2. The molecule has 1 atom stereocenters. The third-order valence-corrected chi connectivity index (χ3v) is 6.41. The Morgan fingerprint density at radius 3 is 2.43 bits per heavy atom. The lowest BCUT2D eigenvalue weighted by Gasteiger charge is -2.21. The number of rotatable bonds is 8. The lowest BCUT2D eigenvalue weighted by Crippen LogP contribution is -2.43. The van der Waals surface area contributed by atoms with Crippen molar-refractivity contribution in [2.75, 3.05) is 12.4 Å². The molecule has 0 saturated heterocycles. The highest BCUT2D eigenvalue weighted by Gasteiger charge is 2.25. The normalized spacial score (nSPS) is 14.5. The fourth-order valence-electron chi connectivity index (χ4n) is 3.59. The van der Waals surface area contributed by atoms with E-state index in [4.69, 9.17) is 18.9 Å². The number of benzene rings is 2. The minimum Gasteiger partial charge on any atom is -0.493 e. The smallest absolute Gasteiger partial charge is 0.408 e. The number of nitrogens with one attached hydrogen (secondary N) is 2. The number of aliphatic imine (C=N–C) groups is 1. The second-order valence-corrected chi connectivity index (χ2v) is 11.0. The summed E-state index contributed by atoms with van der Waals surface area (Å²) in [6, 6.07) is 13.9. The first kappa shape index (κ1) is 30.0. The molecule has 0 saturated carbocycles. The first-order chi connectivity index (χ1) is 19.9. The average molecular weight is 592 g/mol. The van der Waals surface area contributed by atoms with Gasteiger partial charge in [-0.1, -0.05) is 12.1 Å².